The van der Waals surface area contributed by atoms with Gasteiger partial charge in [-0.2, -0.15) is 0 Å². The summed E-state index contributed by atoms with van der Waals surface area (Å²) in [6.07, 6.45) is 2.68. The number of ether oxygens (including phenoxy) is 2. The Balaban J connectivity index is 2.28. The fourth-order valence-corrected chi connectivity index (χ4v) is 2.81. The van der Waals surface area contributed by atoms with Gasteiger partial charge in [0.2, 0.25) is 0 Å². The van der Waals surface area contributed by atoms with Gasteiger partial charge >= 0.3 is 5.97 Å². The van der Waals surface area contributed by atoms with Crippen LogP contribution in [0.3, 0.4) is 0 Å². The first-order chi connectivity index (χ1) is 9.41. The summed E-state index contributed by atoms with van der Waals surface area (Å²) in [6, 6.07) is 4.07. The molecular weight excluding hydrogens is 304 g/mol. The predicted molar refractivity (Wildman–Crippen MR) is 73.7 cm³/mol. The van der Waals surface area contributed by atoms with Gasteiger partial charge in [-0.1, -0.05) is 0 Å². The van der Waals surface area contributed by atoms with Crippen molar-refractivity contribution in [3.8, 4) is 5.75 Å². The van der Waals surface area contributed by atoms with Crippen LogP contribution in [0, 0.1) is 0 Å². The highest BCUT2D eigenvalue weighted by atomic mass is 35.7. The van der Waals surface area contributed by atoms with Crippen LogP contribution >= 0.6 is 10.7 Å². The Morgan fingerprint density at radius 3 is 2.60 bits per heavy atom. The molecule has 1 aliphatic carbocycles. The molecule has 0 N–H and O–H groups in total. The van der Waals surface area contributed by atoms with Gasteiger partial charge in [0.1, 0.15) is 16.7 Å². The van der Waals surface area contributed by atoms with Crippen LogP contribution in [0.5, 0.6) is 5.75 Å². The average molecular weight is 319 g/mol. The number of halogens is 1. The first-order valence-electron chi connectivity index (χ1n) is 6.34. The summed E-state index contributed by atoms with van der Waals surface area (Å²) in [5.41, 5.74) is 0.152. The van der Waals surface area contributed by atoms with E-state index in [4.69, 9.17) is 20.2 Å². The smallest absolute Gasteiger partial charge is 0.338 e. The maximum Gasteiger partial charge on any atom is 0.338 e. The lowest BCUT2D eigenvalue weighted by molar-refractivity contribution is 0.00898. The Labute approximate surface area is 122 Å². The lowest BCUT2D eigenvalue weighted by Crippen LogP contribution is -2.25. The minimum absolute atomic E-state index is 0.0647. The number of benzene rings is 1. The molecule has 20 heavy (non-hydrogen) atoms. The second kappa shape index (κ2) is 6.01. The van der Waals surface area contributed by atoms with E-state index >= 15 is 0 Å². The number of carbonyl (C=O) groups excluding carboxylic acids is 1. The van der Waals surface area contributed by atoms with Crippen LogP contribution < -0.4 is 4.74 Å². The van der Waals surface area contributed by atoms with Crippen LogP contribution in [-0.4, -0.2) is 27.1 Å². The third-order valence-electron chi connectivity index (χ3n) is 3.07. The second-order valence-corrected chi connectivity index (χ2v) is 7.02. The second-order valence-electron chi connectivity index (χ2n) is 4.49. The van der Waals surface area contributed by atoms with E-state index < -0.39 is 15.0 Å². The van der Waals surface area contributed by atoms with E-state index in [9.17, 15) is 13.2 Å². The van der Waals surface area contributed by atoms with Crippen LogP contribution in [0.4, 0.5) is 0 Å². The summed E-state index contributed by atoms with van der Waals surface area (Å²) in [5, 5.41) is 0. The molecule has 7 heteroatoms. The van der Waals surface area contributed by atoms with Gasteiger partial charge in [0.25, 0.3) is 9.05 Å². The standard InChI is InChI=1S/C13H15ClO5S/c1-2-18-11-7-6-9(8-12(11)20(14,16)17)13(15)19-10-4-3-5-10/h6-8,10H,2-5H2,1H3. The van der Waals surface area contributed by atoms with Gasteiger partial charge in [-0.15, -0.1) is 0 Å². The molecule has 0 radical (unpaired) electrons. The molecule has 0 unspecified atom stereocenters. The minimum atomic E-state index is -3.99. The predicted octanol–water partition coefficient (Wildman–Crippen LogP) is 2.72. The highest BCUT2D eigenvalue weighted by Gasteiger charge is 2.24. The lowest BCUT2D eigenvalue weighted by atomic mass is 9.96. The average Bonchev–Trinajstić information content (AvgIpc) is 2.33. The molecule has 1 aromatic carbocycles. The Morgan fingerprint density at radius 2 is 2.10 bits per heavy atom. The topological polar surface area (TPSA) is 69.7 Å². The van der Waals surface area contributed by atoms with E-state index in [0.29, 0.717) is 6.61 Å². The summed E-state index contributed by atoms with van der Waals surface area (Å²) in [4.78, 5) is 11.7. The van der Waals surface area contributed by atoms with Gasteiger partial charge in [0, 0.05) is 10.7 Å². The largest absolute Gasteiger partial charge is 0.492 e. The van der Waals surface area contributed by atoms with Crippen LogP contribution in [0.15, 0.2) is 23.1 Å². The number of rotatable bonds is 5. The summed E-state index contributed by atoms with van der Waals surface area (Å²) in [6.45, 7) is 2.02. The van der Waals surface area contributed by atoms with Crippen molar-refractivity contribution in [3.63, 3.8) is 0 Å². The summed E-state index contributed by atoms with van der Waals surface area (Å²) >= 11 is 0. The van der Waals surface area contributed by atoms with E-state index in [0.717, 1.165) is 19.3 Å². The third kappa shape index (κ3) is 3.43. The molecule has 0 bridgehead atoms. The monoisotopic (exact) mass is 318 g/mol. The van der Waals surface area contributed by atoms with Crippen molar-refractivity contribution in [1.82, 2.24) is 0 Å². The third-order valence-corrected chi connectivity index (χ3v) is 4.41. The van der Waals surface area contributed by atoms with E-state index in [1.54, 1.807) is 6.92 Å². The molecule has 1 aromatic rings. The zero-order valence-electron chi connectivity index (χ0n) is 11.0. The maximum atomic E-state index is 11.9. The molecule has 5 nitrogen and oxygen atoms in total. The highest BCUT2D eigenvalue weighted by molar-refractivity contribution is 8.13. The molecule has 1 aliphatic rings. The number of carbonyl (C=O) groups is 1. The fourth-order valence-electron chi connectivity index (χ4n) is 1.81. The highest BCUT2D eigenvalue weighted by Crippen LogP contribution is 2.29. The number of hydrogen-bond acceptors (Lipinski definition) is 5. The van der Waals surface area contributed by atoms with E-state index in [1.807, 2.05) is 0 Å². The first-order valence-corrected chi connectivity index (χ1v) is 8.65. The van der Waals surface area contributed by atoms with Gasteiger partial charge in [-0.25, -0.2) is 13.2 Å². The molecule has 110 valence electrons. The van der Waals surface area contributed by atoms with Crippen molar-refractivity contribution in [1.29, 1.82) is 0 Å². The van der Waals surface area contributed by atoms with Gasteiger partial charge in [0.15, 0.2) is 0 Å². The normalized spacial score (nSPS) is 15.5. The lowest BCUT2D eigenvalue weighted by Gasteiger charge is -2.25. The van der Waals surface area contributed by atoms with E-state index in [2.05, 4.69) is 0 Å². The van der Waals surface area contributed by atoms with Crippen LogP contribution in [0.2, 0.25) is 0 Å². The SMILES string of the molecule is CCOc1ccc(C(=O)OC2CCC2)cc1S(=O)(=O)Cl. The fraction of sp³-hybridized carbons (Fsp3) is 0.462. The van der Waals surface area contributed by atoms with Crippen molar-refractivity contribution in [2.45, 2.75) is 37.2 Å². The van der Waals surface area contributed by atoms with Gasteiger partial charge in [-0.05, 0) is 44.4 Å². The summed E-state index contributed by atoms with van der Waals surface area (Å²) < 4.78 is 33.5. The van der Waals surface area contributed by atoms with Crippen molar-refractivity contribution in [2.24, 2.45) is 0 Å². The molecule has 0 saturated heterocycles. The molecule has 0 heterocycles. The molecule has 1 saturated carbocycles. The summed E-state index contributed by atoms with van der Waals surface area (Å²) in [5.74, 6) is -0.415. The number of hydrogen-bond donors (Lipinski definition) is 0. The van der Waals surface area contributed by atoms with Crippen LogP contribution in [0.25, 0.3) is 0 Å². The van der Waals surface area contributed by atoms with Crippen molar-refractivity contribution >= 4 is 25.7 Å². The zero-order valence-corrected chi connectivity index (χ0v) is 12.5. The Kier molecular flexibility index (Phi) is 4.55. The maximum absolute atomic E-state index is 11.9. The van der Waals surface area contributed by atoms with Gasteiger partial charge in [0.05, 0.1) is 12.2 Å². The summed E-state index contributed by atoms with van der Waals surface area (Å²) in [7, 11) is 1.37. The van der Waals surface area contributed by atoms with Crippen molar-refractivity contribution in [3.05, 3.63) is 23.8 Å². The van der Waals surface area contributed by atoms with Gasteiger partial charge < -0.3 is 9.47 Å². The Bertz CT molecular complexity index is 607. The quantitative estimate of drug-likeness (QED) is 0.616. The van der Waals surface area contributed by atoms with Crippen LogP contribution in [-0.2, 0) is 13.8 Å². The van der Waals surface area contributed by atoms with Crippen molar-refractivity contribution in [2.75, 3.05) is 6.61 Å². The van der Waals surface area contributed by atoms with Gasteiger partial charge in [-0.3, -0.25) is 0 Å². The molecule has 0 amide bonds. The first kappa shape index (κ1) is 15.1. The zero-order chi connectivity index (χ0) is 14.8. The van der Waals surface area contributed by atoms with E-state index in [-0.39, 0.29) is 22.3 Å². The number of esters is 1. The molecular formula is C13H15ClO5S. The molecule has 0 aliphatic heterocycles. The minimum Gasteiger partial charge on any atom is -0.492 e. The Morgan fingerprint density at radius 1 is 1.40 bits per heavy atom. The molecule has 0 spiro atoms. The Hall–Kier alpha value is -1.27. The van der Waals surface area contributed by atoms with Crippen molar-refractivity contribution < 1.29 is 22.7 Å². The molecule has 0 aromatic heterocycles. The van der Waals surface area contributed by atoms with Crippen LogP contribution in [0.1, 0.15) is 36.5 Å². The molecule has 0 atom stereocenters. The molecule has 1 fully saturated rings. The molecule has 2 rings (SSSR count). The van der Waals surface area contributed by atoms with E-state index in [1.165, 1.54) is 18.2 Å².